The molecule has 0 saturated carbocycles. The standard InChI is InChI=1S/C18H25ClN2O3/c1-6-13-10-18(23,14-7-8-20-11-15(14)19)9-12(2)21(13)16(22)24-17(3,4)5/h6-8,11-12,23H,9-10H2,1-5H3/b13-6-. The number of ether oxygens (including phenoxy) is 1. The first kappa shape index (κ1) is 18.7. The maximum absolute atomic E-state index is 12.6. The summed E-state index contributed by atoms with van der Waals surface area (Å²) in [5.41, 5.74) is -0.356. The second-order valence-corrected chi connectivity index (χ2v) is 7.65. The lowest BCUT2D eigenvalue weighted by Gasteiger charge is -2.44. The highest BCUT2D eigenvalue weighted by atomic mass is 35.5. The van der Waals surface area contributed by atoms with E-state index >= 15 is 0 Å². The third kappa shape index (κ3) is 3.90. The normalized spacial score (nSPS) is 26.5. The van der Waals surface area contributed by atoms with Crippen molar-refractivity contribution in [1.29, 1.82) is 0 Å². The first-order valence-electron chi connectivity index (χ1n) is 8.07. The fourth-order valence-corrected chi connectivity index (χ4v) is 3.42. The number of nitrogens with zero attached hydrogens (tertiary/aromatic N) is 2. The Balaban J connectivity index is 2.32. The van der Waals surface area contributed by atoms with Gasteiger partial charge in [0.2, 0.25) is 0 Å². The van der Waals surface area contributed by atoms with Crippen LogP contribution in [0.2, 0.25) is 5.02 Å². The molecule has 1 aromatic rings. The summed E-state index contributed by atoms with van der Waals surface area (Å²) in [5.74, 6) is 0. The second-order valence-electron chi connectivity index (χ2n) is 7.25. The molecule has 0 bridgehead atoms. The van der Waals surface area contributed by atoms with E-state index in [-0.39, 0.29) is 12.5 Å². The van der Waals surface area contributed by atoms with Crippen molar-refractivity contribution in [2.45, 2.75) is 64.7 Å². The molecule has 0 aromatic carbocycles. The van der Waals surface area contributed by atoms with Crippen LogP contribution in [0.5, 0.6) is 0 Å². The quantitative estimate of drug-likeness (QED) is 0.820. The van der Waals surface area contributed by atoms with Crippen LogP contribution < -0.4 is 0 Å². The van der Waals surface area contributed by atoms with Crippen molar-refractivity contribution in [3.8, 4) is 0 Å². The van der Waals surface area contributed by atoms with Crippen LogP contribution in [0.4, 0.5) is 4.79 Å². The summed E-state index contributed by atoms with van der Waals surface area (Å²) >= 11 is 6.22. The summed E-state index contributed by atoms with van der Waals surface area (Å²) in [4.78, 5) is 18.1. The lowest BCUT2D eigenvalue weighted by Crippen LogP contribution is -2.50. The van der Waals surface area contributed by atoms with Gasteiger partial charge >= 0.3 is 6.09 Å². The van der Waals surface area contributed by atoms with E-state index in [0.29, 0.717) is 17.0 Å². The number of piperidine rings is 1. The van der Waals surface area contributed by atoms with Crippen molar-refractivity contribution in [3.63, 3.8) is 0 Å². The van der Waals surface area contributed by atoms with E-state index in [1.807, 2.05) is 40.7 Å². The van der Waals surface area contributed by atoms with Crippen LogP contribution in [-0.2, 0) is 10.3 Å². The largest absolute Gasteiger partial charge is 0.443 e. The molecule has 1 aliphatic rings. The Hall–Kier alpha value is -1.59. The number of halogens is 1. The van der Waals surface area contributed by atoms with Gasteiger partial charge in [-0.15, -0.1) is 0 Å². The molecular formula is C18H25ClN2O3. The Morgan fingerprint density at radius 1 is 1.54 bits per heavy atom. The first-order valence-corrected chi connectivity index (χ1v) is 8.45. The number of aromatic nitrogens is 1. The highest BCUT2D eigenvalue weighted by Gasteiger charge is 2.44. The van der Waals surface area contributed by atoms with Gasteiger partial charge in [-0.05, 0) is 40.7 Å². The van der Waals surface area contributed by atoms with Crippen LogP contribution in [-0.4, -0.2) is 32.7 Å². The SMILES string of the molecule is C/C=C1/CC(O)(c2ccncc2Cl)CC(C)N1C(=O)OC(C)(C)C. The van der Waals surface area contributed by atoms with E-state index in [1.54, 1.807) is 17.2 Å². The van der Waals surface area contributed by atoms with Gasteiger partial charge in [-0.1, -0.05) is 17.7 Å². The van der Waals surface area contributed by atoms with Gasteiger partial charge in [-0.3, -0.25) is 9.88 Å². The third-order valence-corrected chi connectivity index (χ3v) is 4.36. The van der Waals surface area contributed by atoms with Gasteiger partial charge in [-0.2, -0.15) is 0 Å². The maximum Gasteiger partial charge on any atom is 0.414 e. The highest BCUT2D eigenvalue weighted by Crippen LogP contribution is 2.43. The van der Waals surface area contributed by atoms with E-state index in [4.69, 9.17) is 16.3 Å². The van der Waals surface area contributed by atoms with E-state index in [9.17, 15) is 9.90 Å². The minimum absolute atomic E-state index is 0.228. The summed E-state index contributed by atoms with van der Waals surface area (Å²) in [6.45, 7) is 9.25. The number of hydrogen-bond acceptors (Lipinski definition) is 4. The molecule has 1 N–H and O–H groups in total. The molecule has 24 heavy (non-hydrogen) atoms. The molecular weight excluding hydrogens is 328 g/mol. The average Bonchev–Trinajstić information content (AvgIpc) is 2.44. The number of pyridine rings is 1. The molecule has 2 heterocycles. The fraction of sp³-hybridized carbons (Fsp3) is 0.556. The molecule has 6 heteroatoms. The number of carbonyl (C=O) groups excluding carboxylic acids is 1. The molecule has 0 radical (unpaired) electrons. The third-order valence-electron chi connectivity index (χ3n) is 4.05. The number of likely N-dealkylation sites (tertiary alicyclic amines) is 1. The van der Waals surface area contributed by atoms with E-state index in [0.717, 1.165) is 5.70 Å². The van der Waals surface area contributed by atoms with Crippen molar-refractivity contribution in [3.05, 3.63) is 40.8 Å². The molecule has 1 aromatic heterocycles. The molecule has 132 valence electrons. The van der Waals surface area contributed by atoms with Crippen molar-refractivity contribution in [2.24, 2.45) is 0 Å². The molecule has 1 saturated heterocycles. The lowest BCUT2D eigenvalue weighted by atomic mass is 9.80. The Kier molecular flexibility index (Phi) is 5.25. The lowest BCUT2D eigenvalue weighted by molar-refractivity contribution is -0.0361. The number of rotatable bonds is 1. The number of aliphatic hydroxyl groups is 1. The Morgan fingerprint density at radius 2 is 2.21 bits per heavy atom. The zero-order valence-electron chi connectivity index (χ0n) is 14.8. The van der Waals surface area contributed by atoms with Crippen molar-refractivity contribution < 1.29 is 14.6 Å². The Bertz CT molecular complexity index is 654. The van der Waals surface area contributed by atoms with Crippen LogP contribution in [0.1, 0.15) is 53.0 Å². The maximum atomic E-state index is 12.6. The number of allylic oxidation sites excluding steroid dienone is 1. The van der Waals surface area contributed by atoms with Crippen molar-refractivity contribution in [2.75, 3.05) is 0 Å². The van der Waals surface area contributed by atoms with Gasteiger partial charge < -0.3 is 9.84 Å². The topological polar surface area (TPSA) is 62.7 Å². The van der Waals surface area contributed by atoms with E-state index in [1.165, 1.54) is 6.20 Å². The average molecular weight is 353 g/mol. The summed E-state index contributed by atoms with van der Waals surface area (Å²) in [5, 5.41) is 11.6. The molecule has 1 amide bonds. The summed E-state index contributed by atoms with van der Waals surface area (Å²) in [6.07, 6.45) is 5.23. The van der Waals surface area contributed by atoms with Gasteiger partial charge in [0, 0.05) is 42.5 Å². The van der Waals surface area contributed by atoms with Crippen LogP contribution in [0, 0.1) is 0 Å². The molecule has 2 atom stereocenters. The predicted octanol–water partition coefficient (Wildman–Crippen LogP) is 4.25. The van der Waals surface area contributed by atoms with E-state index < -0.39 is 17.3 Å². The first-order chi connectivity index (χ1) is 11.1. The molecule has 1 fully saturated rings. The van der Waals surface area contributed by atoms with Crippen LogP contribution >= 0.6 is 11.6 Å². The Morgan fingerprint density at radius 3 is 2.75 bits per heavy atom. The summed E-state index contributed by atoms with van der Waals surface area (Å²) in [6, 6.07) is 1.50. The predicted molar refractivity (Wildman–Crippen MR) is 93.7 cm³/mol. The summed E-state index contributed by atoms with van der Waals surface area (Å²) in [7, 11) is 0. The highest BCUT2D eigenvalue weighted by molar-refractivity contribution is 6.31. The fourth-order valence-electron chi connectivity index (χ4n) is 3.13. The summed E-state index contributed by atoms with van der Waals surface area (Å²) < 4.78 is 5.51. The molecule has 0 spiro atoms. The molecule has 1 aliphatic heterocycles. The second kappa shape index (κ2) is 6.73. The monoisotopic (exact) mass is 352 g/mol. The van der Waals surface area contributed by atoms with Crippen LogP contribution in [0.3, 0.4) is 0 Å². The zero-order valence-corrected chi connectivity index (χ0v) is 15.6. The molecule has 5 nitrogen and oxygen atoms in total. The minimum atomic E-state index is -1.14. The van der Waals surface area contributed by atoms with Crippen LogP contribution in [0.25, 0.3) is 0 Å². The van der Waals surface area contributed by atoms with Gasteiger partial charge in [0.15, 0.2) is 0 Å². The van der Waals surface area contributed by atoms with Crippen molar-refractivity contribution in [1.82, 2.24) is 9.88 Å². The van der Waals surface area contributed by atoms with E-state index in [2.05, 4.69) is 4.98 Å². The molecule has 2 rings (SSSR count). The minimum Gasteiger partial charge on any atom is -0.443 e. The van der Waals surface area contributed by atoms with Gasteiger partial charge in [0.05, 0.1) is 10.6 Å². The zero-order chi connectivity index (χ0) is 18.1. The van der Waals surface area contributed by atoms with Gasteiger partial charge in [0.25, 0.3) is 0 Å². The number of amides is 1. The molecule has 0 aliphatic carbocycles. The van der Waals surface area contributed by atoms with Gasteiger partial charge in [0.1, 0.15) is 5.60 Å². The van der Waals surface area contributed by atoms with Crippen molar-refractivity contribution >= 4 is 17.7 Å². The van der Waals surface area contributed by atoms with Gasteiger partial charge in [-0.25, -0.2) is 4.79 Å². The number of hydrogen-bond donors (Lipinski definition) is 1. The Labute approximate surface area is 148 Å². The smallest absolute Gasteiger partial charge is 0.414 e. The number of carbonyl (C=O) groups is 1. The molecule has 2 unspecified atom stereocenters. The van der Waals surface area contributed by atoms with Crippen LogP contribution in [0.15, 0.2) is 30.2 Å².